The van der Waals surface area contributed by atoms with Gasteiger partial charge in [0, 0.05) is 5.69 Å². The van der Waals surface area contributed by atoms with Gasteiger partial charge in [-0.1, -0.05) is 24.3 Å². The normalized spacial score (nSPS) is 10.3. The van der Waals surface area contributed by atoms with E-state index in [2.05, 4.69) is 0 Å². The highest BCUT2D eigenvalue weighted by atomic mass is 16.5. The molecule has 4 heteroatoms. The molecule has 0 fully saturated rings. The first-order valence-electron chi connectivity index (χ1n) is 7.23. The first-order valence-corrected chi connectivity index (χ1v) is 7.23. The standard InChI is InChI=1S/C19H18N2O2/c1-22-16-7-2-13(3-8-16)14-4-9-17(10-5-14)23-19-11-6-15(20)12-18(19)21/h2-12H,20-21H2,1H3. The van der Waals surface area contributed by atoms with E-state index in [9.17, 15) is 0 Å². The molecule has 0 atom stereocenters. The minimum atomic E-state index is 0.518. The van der Waals surface area contributed by atoms with Gasteiger partial charge in [-0.25, -0.2) is 0 Å². The van der Waals surface area contributed by atoms with Crippen LogP contribution >= 0.6 is 0 Å². The van der Waals surface area contributed by atoms with Crippen LogP contribution in [0.5, 0.6) is 17.2 Å². The lowest BCUT2D eigenvalue weighted by molar-refractivity contribution is 0.415. The van der Waals surface area contributed by atoms with Gasteiger partial charge >= 0.3 is 0 Å². The van der Waals surface area contributed by atoms with Gasteiger partial charge in [-0.3, -0.25) is 0 Å². The van der Waals surface area contributed by atoms with E-state index < -0.39 is 0 Å². The number of methoxy groups -OCH3 is 1. The maximum absolute atomic E-state index is 5.90. The molecule has 4 N–H and O–H groups in total. The highest BCUT2D eigenvalue weighted by Crippen LogP contribution is 2.30. The Kier molecular flexibility index (Phi) is 4.06. The van der Waals surface area contributed by atoms with Crippen LogP contribution in [0.3, 0.4) is 0 Å². The van der Waals surface area contributed by atoms with Crippen molar-refractivity contribution in [3.63, 3.8) is 0 Å². The molecule has 0 bridgehead atoms. The zero-order valence-corrected chi connectivity index (χ0v) is 12.8. The van der Waals surface area contributed by atoms with Crippen LogP contribution in [0.2, 0.25) is 0 Å². The molecule has 0 aromatic heterocycles. The molecular formula is C19H18N2O2. The molecule has 3 rings (SSSR count). The van der Waals surface area contributed by atoms with Crippen molar-refractivity contribution in [2.75, 3.05) is 18.6 Å². The summed E-state index contributed by atoms with van der Waals surface area (Å²) in [7, 11) is 1.66. The Morgan fingerprint density at radius 2 is 1.26 bits per heavy atom. The second-order valence-corrected chi connectivity index (χ2v) is 5.15. The van der Waals surface area contributed by atoms with E-state index in [0.717, 1.165) is 22.6 Å². The van der Waals surface area contributed by atoms with Crippen LogP contribution < -0.4 is 20.9 Å². The third kappa shape index (κ3) is 3.37. The largest absolute Gasteiger partial charge is 0.497 e. The van der Waals surface area contributed by atoms with Gasteiger partial charge in [0.2, 0.25) is 0 Å². The van der Waals surface area contributed by atoms with Gasteiger partial charge in [-0.15, -0.1) is 0 Å². The summed E-state index contributed by atoms with van der Waals surface area (Å²) in [6.45, 7) is 0. The number of hydrogen-bond acceptors (Lipinski definition) is 4. The molecule has 0 saturated heterocycles. The summed E-state index contributed by atoms with van der Waals surface area (Å²) in [4.78, 5) is 0. The number of hydrogen-bond donors (Lipinski definition) is 2. The monoisotopic (exact) mass is 306 g/mol. The molecule has 23 heavy (non-hydrogen) atoms. The Hall–Kier alpha value is -3.14. The number of nitrogen functional groups attached to an aromatic ring is 2. The molecular weight excluding hydrogens is 288 g/mol. The lowest BCUT2D eigenvalue weighted by atomic mass is 10.1. The molecule has 0 heterocycles. The molecule has 3 aromatic rings. The van der Waals surface area contributed by atoms with E-state index in [1.807, 2.05) is 48.5 Å². The van der Waals surface area contributed by atoms with Crippen LogP contribution in [0.1, 0.15) is 0 Å². The molecule has 0 aliphatic carbocycles. The molecule has 0 aliphatic heterocycles. The van der Waals surface area contributed by atoms with Crippen LogP contribution in [0.4, 0.5) is 11.4 Å². The van der Waals surface area contributed by atoms with Gasteiger partial charge in [0.15, 0.2) is 0 Å². The van der Waals surface area contributed by atoms with Crippen LogP contribution in [-0.4, -0.2) is 7.11 Å². The molecule has 3 aromatic carbocycles. The van der Waals surface area contributed by atoms with Gasteiger partial charge in [-0.2, -0.15) is 0 Å². The van der Waals surface area contributed by atoms with Crippen molar-refractivity contribution in [1.29, 1.82) is 0 Å². The predicted molar refractivity (Wildman–Crippen MR) is 93.8 cm³/mol. The lowest BCUT2D eigenvalue weighted by Crippen LogP contribution is -1.94. The summed E-state index contributed by atoms with van der Waals surface area (Å²) in [5.41, 5.74) is 14.9. The molecule has 0 unspecified atom stereocenters. The highest BCUT2D eigenvalue weighted by Gasteiger charge is 2.04. The number of rotatable bonds is 4. The van der Waals surface area contributed by atoms with E-state index in [1.54, 1.807) is 25.3 Å². The molecule has 0 aliphatic rings. The van der Waals surface area contributed by atoms with E-state index in [4.69, 9.17) is 20.9 Å². The predicted octanol–water partition coefficient (Wildman–Crippen LogP) is 4.32. The first kappa shape index (κ1) is 14.8. The highest BCUT2D eigenvalue weighted by molar-refractivity contribution is 5.65. The molecule has 0 amide bonds. The van der Waals surface area contributed by atoms with Crippen LogP contribution in [0.25, 0.3) is 11.1 Å². The Labute approximate surface area is 135 Å². The van der Waals surface area contributed by atoms with Gasteiger partial charge in [0.1, 0.15) is 17.2 Å². The smallest absolute Gasteiger partial charge is 0.150 e. The summed E-state index contributed by atoms with van der Waals surface area (Å²) in [6, 6.07) is 21.0. The Morgan fingerprint density at radius 3 is 1.78 bits per heavy atom. The van der Waals surface area contributed by atoms with E-state index in [1.165, 1.54) is 0 Å². The van der Waals surface area contributed by atoms with Gasteiger partial charge in [-0.05, 0) is 53.6 Å². The molecule has 0 spiro atoms. The molecule has 4 nitrogen and oxygen atoms in total. The van der Waals surface area contributed by atoms with Crippen LogP contribution in [0.15, 0.2) is 66.7 Å². The molecule has 116 valence electrons. The number of anilines is 2. The summed E-state index contributed by atoms with van der Waals surface area (Å²) in [5, 5.41) is 0. The zero-order valence-electron chi connectivity index (χ0n) is 12.8. The SMILES string of the molecule is COc1ccc(-c2ccc(Oc3ccc(N)cc3N)cc2)cc1. The number of nitrogens with two attached hydrogens (primary N) is 2. The van der Waals surface area contributed by atoms with E-state index in [0.29, 0.717) is 17.1 Å². The summed E-state index contributed by atoms with van der Waals surface area (Å²) >= 11 is 0. The fraction of sp³-hybridized carbons (Fsp3) is 0.0526. The quantitative estimate of drug-likeness (QED) is 0.704. The third-order valence-corrected chi connectivity index (χ3v) is 3.54. The fourth-order valence-electron chi connectivity index (χ4n) is 2.29. The minimum Gasteiger partial charge on any atom is -0.497 e. The maximum atomic E-state index is 5.90. The van der Waals surface area contributed by atoms with Crippen molar-refractivity contribution in [3.8, 4) is 28.4 Å². The topological polar surface area (TPSA) is 70.5 Å². The summed E-state index contributed by atoms with van der Waals surface area (Å²) in [6.07, 6.45) is 0. The first-order chi connectivity index (χ1) is 11.2. The average Bonchev–Trinajstić information content (AvgIpc) is 2.58. The van der Waals surface area contributed by atoms with Crippen molar-refractivity contribution in [1.82, 2.24) is 0 Å². The zero-order chi connectivity index (χ0) is 16.2. The lowest BCUT2D eigenvalue weighted by Gasteiger charge is -2.10. The average molecular weight is 306 g/mol. The van der Waals surface area contributed by atoms with Crippen LogP contribution in [-0.2, 0) is 0 Å². The Bertz CT molecular complexity index is 797. The Morgan fingerprint density at radius 1 is 0.696 bits per heavy atom. The summed E-state index contributed by atoms with van der Waals surface area (Å²) < 4.78 is 11.0. The Balaban J connectivity index is 1.78. The second kappa shape index (κ2) is 6.32. The maximum Gasteiger partial charge on any atom is 0.150 e. The molecule has 0 saturated carbocycles. The van der Waals surface area contributed by atoms with Crippen LogP contribution in [0, 0.1) is 0 Å². The van der Waals surface area contributed by atoms with Crippen molar-refractivity contribution in [3.05, 3.63) is 66.7 Å². The van der Waals surface area contributed by atoms with Gasteiger partial charge in [0.05, 0.1) is 12.8 Å². The number of ether oxygens (including phenoxy) is 2. The van der Waals surface area contributed by atoms with Gasteiger partial charge in [0.25, 0.3) is 0 Å². The third-order valence-electron chi connectivity index (χ3n) is 3.54. The fourth-order valence-corrected chi connectivity index (χ4v) is 2.29. The van der Waals surface area contributed by atoms with Crippen molar-refractivity contribution >= 4 is 11.4 Å². The van der Waals surface area contributed by atoms with Crippen molar-refractivity contribution in [2.45, 2.75) is 0 Å². The van der Waals surface area contributed by atoms with E-state index in [-0.39, 0.29) is 0 Å². The minimum absolute atomic E-state index is 0.518. The molecule has 0 radical (unpaired) electrons. The summed E-state index contributed by atoms with van der Waals surface area (Å²) in [5.74, 6) is 2.16. The second-order valence-electron chi connectivity index (χ2n) is 5.15. The van der Waals surface area contributed by atoms with E-state index >= 15 is 0 Å². The van der Waals surface area contributed by atoms with Gasteiger partial charge < -0.3 is 20.9 Å². The number of benzene rings is 3. The van der Waals surface area contributed by atoms with Crippen molar-refractivity contribution < 1.29 is 9.47 Å². The van der Waals surface area contributed by atoms with Crippen molar-refractivity contribution in [2.24, 2.45) is 0 Å².